The van der Waals surface area contributed by atoms with Crippen molar-refractivity contribution in [1.29, 1.82) is 0 Å². The normalized spacial score (nSPS) is 12.4. The Kier molecular flexibility index (Phi) is 5.80. The van der Waals surface area contributed by atoms with Crippen molar-refractivity contribution in [3.05, 3.63) is 23.8 Å². The fourth-order valence-corrected chi connectivity index (χ4v) is 1.62. The van der Waals surface area contributed by atoms with Crippen molar-refractivity contribution in [1.82, 2.24) is 0 Å². The largest absolute Gasteiger partial charge is 0.508 e. The molecule has 0 spiro atoms. The second kappa shape index (κ2) is 7.14. The molecule has 1 rings (SSSR count). The highest BCUT2D eigenvalue weighted by Crippen LogP contribution is 2.21. The van der Waals surface area contributed by atoms with Gasteiger partial charge in [-0.3, -0.25) is 0 Å². The van der Waals surface area contributed by atoms with Crippen LogP contribution in [-0.2, 0) is 6.61 Å². The van der Waals surface area contributed by atoms with Crippen molar-refractivity contribution in [3.8, 4) is 5.75 Å². The summed E-state index contributed by atoms with van der Waals surface area (Å²) in [6.45, 7) is 2.69. The molecule has 0 saturated carbocycles. The summed E-state index contributed by atoms with van der Waals surface area (Å²) in [7, 11) is 0. The highest BCUT2D eigenvalue weighted by Gasteiger charge is 2.04. The van der Waals surface area contributed by atoms with E-state index in [1.165, 1.54) is 0 Å². The van der Waals surface area contributed by atoms with E-state index in [0.717, 1.165) is 24.9 Å². The van der Waals surface area contributed by atoms with Gasteiger partial charge in [-0.1, -0.05) is 25.8 Å². The Morgan fingerprint density at radius 3 is 2.76 bits per heavy atom. The molecule has 0 aliphatic rings. The van der Waals surface area contributed by atoms with Crippen LogP contribution in [-0.4, -0.2) is 22.8 Å². The molecule has 5 N–H and O–H groups in total. The van der Waals surface area contributed by atoms with E-state index in [0.29, 0.717) is 12.1 Å². The molecule has 0 saturated heterocycles. The molecule has 0 aliphatic heterocycles. The minimum Gasteiger partial charge on any atom is -0.508 e. The first-order valence-electron chi connectivity index (χ1n) is 6.09. The van der Waals surface area contributed by atoms with Gasteiger partial charge in [0, 0.05) is 29.9 Å². The van der Waals surface area contributed by atoms with Crippen LogP contribution >= 0.6 is 0 Å². The number of aliphatic hydroxyl groups excluding tert-OH is 1. The van der Waals surface area contributed by atoms with E-state index >= 15 is 0 Å². The van der Waals surface area contributed by atoms with Gasteiger partial charge in [0.15, 0.2) is 0 Å². The zero-order valence-corrected chi connectivity index (χ0v) is 10.3. The predicted octanol–water partition coefficient (Wildman–Crippen LogP) is 1.81. The lowest BCUT2D eigenvalue weighted by molar-refractivity contribution is 0.275. The zero-order valence-electron chi connectivity index (χ0n) is 10.3. The van der Waals surface area contributed by atoms with Gasteiger partial charge in [-0.25, -0.2) is 0 Å². The summed E-state index contributed by atoms with van der Waals surface area (Å²) >= 11 is 0. The van der Waals surface area contributed by atoms with Gasteiger partial charge in [0.2, 0.25) is 0 Å². The first-order valence-corrected chi connectivity index (χ1v) is 6.09. The molecule has 1 aromatic rings. The second-order valence-electron chi connectivity index (χ2n) is 4.28. The number of nitrogens with two attached hydrogens (primary N) is 1. The number of hydrogen-bond donors (Lipinski definition) is 4. The molecule has 0 heterocycles. The third-order valence-electron chi connectivity index (χ3n) is 2.75. The number of unbranched alkanes of at least 4 members (excludes halogenated alkanes) is 1. The summed E-state index contributed by atoms with van der Waals surface area (Å²) in [6.07, 6.45) is 3.29. The van der Waals surface area contributed by atoms with Crippen molar-refractivity contribution in [2.75, 3.05) is 11.9 Å². The van der Waals surface area contributed by atoms with Crippen LogP contribution in [0.4, 0.5) is 5.69 Å². The molecule has 0 amide bonds. The van der Waals surface area contributed by atoms with Crippen LogP contribution in [0.3, 0.4) is 0 Å². The Balaban J connectivity index is 2.44. The smallest absolute Gasteiger partial charge is 0.123 e. The number of aromatic hydroxyl groups is 1. The number of anilines is 1. The summed E-state index contributed by atoms with van der Waals surface area (Å²) in [5, 5.41) is 21.7. The molecule has 17 heavy (non-hydrogen) atoms. The van der Waals surface area contributed by atoms with Crippen molar-refractivity contribution >= 4 is 5.69 Å². The minimum atomic E-state index is -0.151. The van der Waals surface area contributed by atoms with E-state index in [2.05, 4.69) is 12.2 Å². The molecular formula is C13H22N2O2. The summed E-state index contributed by atoms with van der Waals surface area (Å²) in [5.74, 6) is 0.111. The van der Waals surface area contributed by atoms with Crippen LogP contribution in [0.5, 0.6) is 5.75 Å². The Labute approximate surface area is 102 Å². The van der Waals surface area contributed by atoms with E-state index in [-0.39, 0.29) is 18.4 Å². The van der Waals surface area contributed by atoms with Gasteiger partial charge in [-0.05, 0) is 12.5 Å². The molecular weight excluding hydrogens is 216 g/mol. The van der Waals surface area contributed by atoms with Crippen molar-refractivity contribution in [3.63, 3.8) is 0 Å². The third-order valence-corrected chi connectivity index (χ3v) is 2.75. The topological polar surface area (TPSA) is 78.5 Å². The molecule has 0 bridgehead atoms. The molecule has 4 heteroatoms. The highest BCUT2D eigenvalue weighted by atomic mass is 16.3. The standard InChI is InChI=1S/C13H22N2O2/c1-2-3-4-11(14)8-15-12-6-5-10(9-16)13(17)7-12/h5-7,11,15-17H,2-4,8-9,14H2,1H3. The number of benzene rings is 1. The zero-order chi connectivity index (χ0) is 12.7. The highest BCUT2D eigenvalue weighted by molar-refractivity contribution is 5.51. The van der Waals surface area contributed by atoms with Crippen LogP contribution < -0.4 is 11.1 Å². The van der Waals surface area contributed by atoms with Gasteiger partial charge < -0.3 is 21.3 Å². The Bertz CT molecular complexity index is 342. The average Bonchev–Trinajstić information content (AvgIpc) is 2.34. The molecule has 4 nitrogen and oxygen atoms in total. The molecule has 0 aromatic heterocycles. The number of phenols is 1. The Morgan fingerprint density at radius 2 is 2.18 bits per heavy atom. The summed E-state index contributed by atoms with van der Waals surface area (Å²) in [5.41, 5.74) is 7.30. The fourth-order valence-electron chi connectivity index (χ4n) is 1.62. The minimum absolute atomic E-state index is 0.111. The molecule has 1 aromatic carbocycles. The van der Waals surface area contributed by atoms with Gasteiger partial charge in [-0.2, -0.15) is 0 Å². The maximum Gasteiger partial charge on any atom is 0.123 e. The van der Waals surface area contributed by atoms with Crippen molar-refractivity contribution < 1.29 is 10.2 Å². The van der Waals surface area contributed by atoms with E-state index in [1.807, 2.05) is 6.07 Å². The van der Waals surface area contributed by atoms with Crippen molar-refractivity contribution in [2.45, 2.75) is 38.8 Å². The van der Waals surface area contributed by atoms with Gasteiger partial charge in [0.1, 0.15) is 5.75 Å². The Morgan fingerprint density at radius 1 is 1.41 bits per heavy atom. The van der Waals surface area contributed by atoms with Crippen LogP contribution in [0.2, 0.25) is 0 Å². The maximum absolute atomic E-state index is 9.57. The lowest BCUT2D eigenvalue weighted by atomic mass is 10.1. The number of rotatable bonds is 7. The SMILES string of the molecule is CCCCC(N)CNc1ccc(CO)c(O)c1. The van der Waals surface area contributed by atoms with Crippen molar-refractivity contribution in [2.24, 2.45) is 5.73 Å². The molecule has 1 unspecified atom stereocenters. The lowest BCUT2D eigenvalue weighted by Gasteiger charge is -2.14. The van der Waals surface area contributed by atoms with Gasteiger partial charge in [0.05, 0.1) is 6.61 Å². The summed E-state index contributed by atoms with van der Waals surface area (Å²) < 4.78 is 0. The summed E-state index contributed by atoms with van der Waals surface area (Å²) in [6, 6.07) is 5.28. The average molecular weight is 238 g/mol. The monoisotopic (exact) mass is 238 g/mol. The first kappa shape index (κ1) is 13.8. The maximum atomic E-state index is 9.57. The number of nitrogens with one attached hydrogen (secondary N) is 1. The fraction of sp³-hybridized carbons (Fsp3) is 0.538. The van der Waals surface area contributed by atoms with E-state index in [1.54, 1.807) is 12.1 Å². The number of hydrogen-bond acceptors (Lipinski definition) is 4. The lowest BCUT2D eigenvalue weighted by Crippen LogP contribution is -2.28. The van der Waals surface area contributed by atoms with Crippen LogP contribution in [0, 0.1) is 0 Å². The van der Waals surface area contributed by atoms with Gasteiger partial charge >= 0.3 is 0 Å². The molecule has 0 aliphatic carbocycles. The van der Waals surface area contributed by atoms with Gasteiger partial charge in [0.25, 0.3) is 0 Å². The Hall–Kier alpha value is -1.26. The quantitative estimate of drug-likeness (QED) is 0.584. The summed E-state index contributed by atoms with van der Waals surface area (Å²) in [4.78, 5) is 0. The molecule has 1 atom stereocenters. The first-order chi connectivity index (χ1) is 8.17. The van der Waals surface area contributed by atoms with E-state index in [9.17, 15) is 5.11 Å². The van der Waals surface area contributed by atoms with Crippen LogP contribution in [0.1, 0.15) is 31.7 Å². The van der Waals surface area contributed by atoms with Gasteiger partial charge in [-0.15, -0.1) is 0 Å². The third kappa shape index (κ3) is 4.63. The predicted molar refractivity (Wildman–Crippen MR) is 70.0 cm³/mol. The molecule has 96 valence electrons. The van der Waals surface area contributed by atoms with E-state index in [4.69, 9.17) is 10.8 Å². The van der Waals surface area contributed by atoms with Crippen LogP contribution in [0.15, 0.2) is 18.2 Å². The molecule has 0 radical (unpaired) electrons. The van der Waals surface area contributed by atoms with Crippen LogP contribution in [0.25, 0.3) is 0 Å². The number of aliphatic hydroxyl groups is 1. The second-order valence-corrected chi connectivity index (χ2v) is 4.28. The molecule has 0 fully saturated rings. The van der Waals surface area contributed by atoms with E-state index < -0.39 is 0 Å².